The summed E-state index contributed by atoms with van der Waals surface area (Å²) in [4.78, 5) is 8.53. The van der Waals surface area contributed by atoms with E-state index in [9.17, 15) is 11.0 Å². The molecule has 0 N–H and O–H groups in total. The van der Waals surface area contributed by atoms with Gasteiger partial charge in [0, 0.05) is 76.6 Å². The van der Waals surface area contributed by atoms with Crippen LogP contribution in [0.2, 0.25) is 0 Å². The molecule has 2 aromatic heterocycles. The van der Waals surface area contributed by atoms with Crippen LogP contribution in [0, 0.1) is 31.1 Å². The fourth-order valence-electron chi connectivity index (χ4n) is 10.9. The van der Waals surface area contributed by atoms with Crippen molar-refractivity contribution in [2.24, 2.45) is 5.41 Å². The summed E-state index contributed by atoms with van der Waals surface area (Å²) in [6.45, 7) is 18.6. The average molecular weight is 1210 g/mol. The van der Waals surface area contributed by atoms with Gasteiger partial charge in [0.1, 0.15) is 5.82 Å². The van der Waals surface area contributed by atoms with Crippen LogP contribution in [0.3, 0.4) is 0 Å². The third kappa shape index (κ3) is 9.78. The molecule has 0 radical (unpaired) electrons. The molecule has 6 heteroatoms. The Bertz CT molecular complexity index is 4610. The van der Waals surface area contributed by atoms with Crippen molar-refractivity contribution in [1.29, 1.82) is 0 Å². The predicted molar refractivity (Wildman–Crippen MR) is 322 cm³/mol. The van der Waals surface area contributed by atoms with Crippen LogP contribution in [-0.2, 0) is 43.7 Å². The molecular weight excluding hydrogens is 1130 g/mol. The molecule has 0 amide bonds. The number of ether oxygens (including phenoxy) is 1. The van der Waals surface area contributed by atoms with Crippen molar-refractivity contribution < 1.29 is 43.6 Å². The van der Waals surface area contributed by atoms with Crippen molar-refractivity contribution in [3.63, 3.8) is 0 Å². The number of hydrogen-bond acceptors (Lipinski definition) is 4. The first-order valence-corrected chi connectivity index (χ1v) is 26.4. The number of para-hydroxylation sites is 4. The third-order valence-corrected chi connectivity index (χ3v) is 15.0. The quantitative estimate of drug-likeness (QED) is 0.135. The van der Waals surface area contributed by atoms with Crippen LogP contribution in [0.1, 0.15) is 128 Å². The van der Waals surface area contributed by atoms with Crippen molar-refractivity contribution in [3.05, 3.63) is 222 Å². The Hall–Kier alpha value is -7.20. The summed E-state index contributed by atoms with van der Waals surface area (Å²) >= 11 is 0. The SMILES string of the molecule is [2H]c1c([2H])c(-c2c([2H])c([2H])c(C(C)(C)C)c([2H])c2[2H])c(C([2H])([2H])[2H])c([2H])c1-c1cccc(-c2c([2H])c([2H])c3c(c2[2H])C(C)(C)CCC3(C)C)c1N1[CH-]N(c2[c-]c(Oc3[c-]c4c(cc3)c3ccccc3n4-c3cc(CC(C)(C)C)ccn3)ccc2)c2ccccc21.[Pt]. The summed E-state index contributed by atoms with van der Waals surface area (Å²) in [5.41, 5.74) is 2.52. The van der Waals surface area contributed by atoms with Gasteiger partial charge >= 0.3 is 0 Å². The van der Waals surface area contributed by atoms with Crippen molar-refractivity contribution in [3.8, 4) is 50.7 Å². The van der Waals surface area contributed by atoms with Gasteiger partial charge in [-0.05, 0) is 134 Å². The zero-order valence-corrected chi connectivity index (χ0v) is 48.0. The van der Waals surface area contributed by atoms with E-state index >= 15 is 0 Å². The molecule has 12 rings (SSSR count). The van der Waals surface area contributed by atoms with Gasteiger partial charge in [0.15, 0.2) is 0 Å². The van der Waals surface area contributed by atoms with E-state index in [0.29, 0.717) is 46.1 Å². The number of aromatic nitrogens is 2. The summed E-state index contributed by atoms with van der Waals surface area (Å²) in [7, 11) is 0. The number of hydrogen-bond donors (Lipinski definition) is 0. The zero-order chi connectivity index (χ0) is 64.8. The second-order valence-corrected chi connectivity index (χ2v) is 24.0. The van der Waals surface area contributed by atoms with Crippen LogP contribution in [0.5, 0.6) is 11.5 Å². The molecule has 0 spiro atoms. The Balaban J connectivity index is 0.00000850. The number of fused-ring (bicyclic) bond motifs is 5. The third-order valence-electron chi connectivity index (χ3n) is 15.0. The van der Waals surface area contributed by atoms with Crippen LogP contribution in [0.4, 0.5) is 22.7 Å². The number of benzene rings is 8. The van der Waals surface area contributed by atoms with Crippen molar-refractivity contribution in [2.45, 2.75) is 112 Å². The minimum absolute atomic E-state index is 0. The Morgan fingerprint density at radius 1 is 0.641 bits per heavy atom. The molecule has 2 aliphatic rings. The summed E-state index contributed by atoms with van der Waals surface area (Å²) in [6, 6.07) is 36.9. The maximum Gasteiger partial charge on any atom is 0.135 e. The standard InChI is InChI=1S/C72H69N4O.Pt/c1-47-40-50(28-33-56(47)49-26-30-52(31-27-49)70(5,6)7)57-21-17-22-58(51-29-35-61-62(42-51)72(10,11)38-37-71(61,8)9)68(57)75-46-74(64-24-14-15-25-65(64)75)53-18-16-19-54(43-53)77-55-32-34-60-59-20-12-13-23-63(59)76(66(60)44-55)67-41-48(36-39-73-67)45-69(2,3)4;/h12-36,39-42,46H,37-38,45H2,1-11H3;/q-3;/i1D3,26D,27D,28D,29D,30D,31D,33D,35D,40D,42D;. The molecule has 396 valence electrons. The molecule has 0 saturated heterocycles. The number of anilines is 4. The fourth-order valence-corrected chi connectivity index (χ4v) is 10.9. The van der Waals surface area contributed by atoms with Crippen molar-refractivity contribution >= 4 is 44.6 Å². The molecule has 3 heterocycles. The van der Waals surface area contributed by atoms with Gasteiger partial charge in [-0.2, -0.15) is 12.1 Å². The van der Waals surface area contributed by atoms with Crippen LogP contribution in [0.25, 0.3) is 61.0 Å². The predicted octanol–water partition coefficient (Wildman–Crippen LogP) is 19.5. The van der Waals surface area contributed by atoms with Crippen LogP contribution < -0.4 is 14.5 Å². The van der Waals surface area contributed by atoms with Crippen LogP contribution in [0.15, 0.2) is 176 Å². The van der Waals surface area contributed by atoms with Crippen LogP contribution in [-0.4, -0.2) is 9.55 Å². The maximum absolute atomic E-state index is 10.2. The van der Waals surface area contributed by atoms with Gasteiger partial charge in [0.05, 0.1) is 13.7 Å². The Labute approximate surface area is 495 Å². The average Bonchev–Trinajstić information content (AvgIpc) is 1.06. The first-order chi connectivity index (χ1) is 42.2. The summed E-state index contributed by atoms with van der Waals surface area (Å²) in [5, 5.41) is 2.01. The Morgan fingerprint density at radius 3 is 2.03 bits per heavy atom. The van der Waals surface area contributed by atoms with E-state index < -0.39 is 82.1 Å². The van der Waals surface area contributed by atoms with Gasteiger partial charge in [0.25, 0.3) is 0 Å². The number of nitrogens with zero attached hydrogens (tertiary/aromatic N) is 4. The Kier molecular flexibility index (Phi) is 10.0. The number of pyridine rings is 1. The molecule has 5 nitrogen and oxygen atoms in total. The van der Waals surface area contributed by atoms with E-state index in [-0.39, 0.29) is 78.1 Å². The normalized spacial score (nSPS) is 17.3. The molecule has 0 saturated carbocycles. The van der Waals surface area contributed by atoms with Gasteiger partial charge in [-0.25, -0.2) is 4.98 Å². The van der Waals surface area contributed by atoms with E-state index in [0.717, 1.165) is 46.0 Å². The first kappa shape index (κ1) is 39.2. The van der Waals surface area contributed by atoms with Gasteiger partial charge in [-0.15, -0.1) is 48.1 Å². The van der Waals surface area contributed by atoms with E-state index in [1.807, 2.05) is 99.5 Å². The largest absolute Gasteiger partial charge is 0.509 e. The van der Waals surface area contributed by atoms with E-state index in [1.54, 1.807) is 56.6 Å². The topological polar surface area (TPSA) is 33.5 Å². The van der Waals surface area contributed by atoms with Crippen molar-refractivity contribution in [1.82, 2.24) is 9.55 Å². The van der Waals surface area contributed by atoms with E-state index in [2.05, 4.69) is 61.7 Å². The summed E-state index contributed by atoms with van der Waals surface area (Å²) in [6.07, 6.45) is 4.13. The minimum Gasteiger partial charge on any atom is -0.509 e. The van der Waals surface area contributed by atoms with E-state index in [1.165, 1.54) is 0 Å². The first-order valence-electron chi connectivity index (χ1n) is 32.9. The van der Waals surface area contributed by atoms with Gasteiger partial charge < -0.3 is 19.1 Å². The van der Waals surface area contributed by atoms with Gasteiger partial charge in [0.2, 0.25) is 0 Å². The number of rotatable bonds is 9. The zero-order valence-electron chi connectivity index (χ0n) is 58.7. The maximum atomic E-state index is 10.2. The molecule has 0 fully saturated rings. The molecule has 0 atom stereocenters. The second kappa shape index (κ2) is 19.9. The van der Waals surface area contributed by atoms with Gasteiger partial charge in [-0.1, -0.05) is 184 Å². The summed E-state index contributed by atoms with van der Waals surface area (Å²) < 4.78 is 132. The van der Waals surface area contributed by atoms with Gasteiger partial charge in [-0.3, -0.25) is 0 Å². The molecule has 0 unspecified atom stereocenters. The second-order valence-electron chi connectivity index (χ2n) is 24.0. The summed E-state index contributed by atoms with van der Waals surface area (Å²) in [5.74, 6) is 1.54. The molecule has 1 aliphatic heterocycles. The molecule has 8 aromatic carbocycles. The molecule has 1 aliphatic carbocycles. The smallest absolute Gasteiger partial charge is 0.135 e. The monoisotopic (exact) mass is 1210 g/mol. The molecular formula is C72H69N4OPt-3. The molecule has 78 heavy (non-hydrogen) atoms. The fraction of sp³-hybridized carbons (Fsp3) is 0.250. The molecule has 0 bridgehead atoms. The minimum atomic E-state index is -3.21. The Morgan fingerprint density at radius 2 is 1.29 bits per heavy atom. The van der Waals surface area contributed by atoms with Crippen LogP contribution >= 0.6 is 0 Å². The van der Waals surface area contributed by atoms with E-state index in [4.69, 9.17) is 16.6 Å². The van der Waals surface area contributed by atoms with Crippen molar-refractivity contribution in [2.75, 3.05) is 9.80 Å². The molecule has 10 aromatic rings.